The highest BCUT2D eigenvalue weighted by Gasteiger charge is 2.59. The van der Waals surface area contributed by atoms with Crippen molar-refractivity contribution in [1.29, 1.82) is 0 Å². The summed E-state index contributed by atoms with van der Waals surface area (Å²) < 4.78 is 11.1. The maximum absolute atomic E-state index is 12.1. The Morgan fingerprint density at radius 1 is 1.35 bits per heavy atom. The number of nitrogens with one attached hydrogen (secondary N) is 1. The van der Waals surface area contributed by atoms with Crippen LogP contribution < -0.4 is 5.32 Å². The maximum atomic E-state index is 12.1. The van der Waals surface area contributed by atoms with Crippen molar-refractivity contribution in [2.45, 2.75) is 59.1 Å². The highest BCUT2D eigenvalue weighted by atomic mass is 127. The fourth-order valence-electron chi connectivity index (χ4n) is 4.77. The van der Waals surface area contributed by atoms with Gasteiger partial charge >= 0.3 is 5.97 Å². The van der Waals surface area contributed by atoms with E-state index in [9.17, 15) is 4.79 Å². The van der Waals surface area contributed by atoms with Gasteiger partial charge in [-0.2, -0.15) is 0 Å². The van der Waals surface area contributed by atoms with E-state index in [1.54, 1.807) is 0 Å². The van der Waals surface area contributed by atoms with Crippen molar-refractivity contribution in [3.63, 3.8) is 0 Å². The Morgan fingerprint density at radius 2 is 2.12 bits per heavy atom. The predicted octanol–water partition coefficient (Wildman–Crippen LogP) is 2.66. The van der Waals surface area contributed by atoms with Crippen LogP contribution in [-0.2, 0) is 14.3 Å². The molecular formula is C19H34IN3O3. The molecule has 3 rings (SSSR count). The normalized spacial score (nSPS) is 32.9. The molecule has 0 aromatic heterocycles. The minimum absolute atomic E-state index is 0. The number of fused-ring (bicyclic) bond motifs is 1. The first-order valence-electron chi connectivity index (χ1n) is 9.83. The van der Waals surface area contributed by atoms with Crippen molar-refractivity contribution < 1.29 is 14.3 Å². The minimum Gasteiger partial charge on any atom is -0.466 e. The van der Waals surface area contributed by atoms with Gasteiger partial charge in [-0.15, -0.1) is 24.0 Å². The lowest BCUT2D eigenvalue weighted by Gasteiger charge is -2.55. The Bertz CT molecular complexity index is 526. The summed E-state index contributed by atoms with van der Waals surface area (Å²) in [7, 11) is 0. The van der Waals surface area contributed by atoms with E-state index in [2.05, 4.69) is 31.0 Å². The number of hydrogen-bond acceptors (Lipinski definition) is 4. The number of ether oxygens (including phenoxy) is 2. The van der Waals surface area contributed by atoms with Crippen molar-refractivity contribution in [1.82, 2.24) is 10.2 Å². The number of likely N-dealkylation sites (tertiary alicyclic amines) is 1. The second kappa shape index (κ2) is 9.08. The lowest BCUT2D eigenvalue weighted by atomic mass is 9.57. The number of hydrogen-bond donors (Lipinski definition) is 1. The number of nitrogens with zero attached hydrogens (tertiary/aromatic N) is 2. The summed E-state index contributed by atoms with van der Waals surface area (Å²) >= 11 is 0. The van der Waals surface area contributed by atoms with Gasteiger partial charge in [-0.05, 0) is 33.1 Å². The van der Waals surface area contributed by atoms with Gasteiger partial charge in [0.05, 0.1) is 18.6 Å². The maximum Gasteiger partial charge on any atom is 0.310 e. The Morgan fingerprint density at radius 3 is 2.81 bits per heavy atom. The first-order valence-corrected chi connectivity index (χ1v) is 9.83. The quantitative estimate of drug-likeness (QED) is 0.291. The highest BCUT2D eigenvalue weighted by Crippen LogP contribution is 2.52. The largest absolute Gasteiger partial charge is 0.466 e. The molecule has 2 heterocycles. The van der Waals surface area contributed by atoms with Gasteiger partial charge in [-0.25, -0.2) is 0 Å². The van der Waals surface area contributed by atoms with E-state index in [1.165, 1.54) is 0 Å². The number of guanidine groups is 1. The molecule has 0 bridgehead atoms. The summed E-state index contributed by atoms with van der Waals surface area (Å²) in [5.41, 5.74) is 0.117. The van der Waals surface area contributed by atoms with E-state index in [0.717, 1.165) is 44.9 Å². The molecule has 1 aliphatic carbocycles. The Balaban J connectivity index is 0.00000243. The molecule has 0 aromatic rings. The smallest absolute Gasteiger partial charge is 0.310 e. The number of esters is 1. The van der Waals surface area contributed by atoms with Crippen molar-refractivity contribution in [2.24, 2.45) is 22.2 Å². The van der Waals surface area contributed by atoms with Crippen LogP contribution in [0.4, 0.5) is 0 Å². The molecule has 4 unspecified atom stereocenters. The molecule has 4 atom stereocenters. The van der Waals surface area contributed by atoms with Gasteiger partial charge in [0.1, 0.15) is 0 Å². The van der Waals surface area contributed by atoms with Crippen molar-refractivity contribution in [2.75, 3.05) is 32.8 Å². The average Bonchev–Trinajstić information content (AvgIpc) is 3.06. The monoisotopic (exact) mass is 479 g/mol. The van der Waals surface area contributed by atoms with E-state index in [0.29, 0.717) is 31.2 Å². The summed E-state index contributed by atoms with van der Waals surface area (Å²) in [5.74, 6) is 1.40. The van der Waals surface area contributed by atoms with E-state index >= 15 is 0 Å². The van der Waals surface area contributed by atoms with Gasteiger partial charge in [-0.3, -0.25) is 9.79 Å². The summed E-state index contributed by atoms with van der Waals surface area (Å²) in [6, 6.07) is 0.383. The molecule has 2 saturated heterocycles. The van der Waals surface area contributed by atoms with Crippen LogP contribution in [-0.4, -0.2) is 61.8 Å². The van der Waals surface area contributed by atoms with Crippen LogP contribution in [0.2, 0.25) is 0 Å². The van der Waals surface area contributed by atoms with E-state index < -0.39 is 0 Å². The second-order valence-electron chi connectivity index (χ2n) is 8.02. The number of rotatable bonds is 4. The summed E-state index contributed by atoms with van der Waals surface area (Å²) in [6.07, 6.45) is 3.39. The summed E-state index contributed by atoms with van der Waals surface area (Å²) in [5, 5.41) is 3.72. The number of aliphatic imine (C=N–C) groups is 1. The molecule has 0 radical (unpaired) electrons. The van der Waals surface area contributed by atoms with Gasteiger partial charge < -0.3 is 19.7 Å². The van der Waals surface area contributed by atoms with E-state index in [-0.39, 0.29) is 41.3 Å². The number of carbonyl (C=O) groups is 1. The third-order valence-corrected chi connectivity index (χ3v) is 6.03. The van der Waals surface area contributed by atoms with Crippen LogP contribution in [0.5, 0.6) is 0 Å². The molecule has 1 saturated carbocycles. The fraction of sp³-hybridized carbons (Fsp3) is 0.895. The minimum atomic E-state index is -0.0729. The van der Waals surface area contributed by atoms with Gasteiger partial charge in [0.2, 0.25) is 0 Å². The molecule has 3 aliphatic rings. The van der Waals surface area contributed by atoms with Crippen molar-refractivity contribution in [3.05, 3.63) is 0 Å². The van der Waals surface area contributed by atoms with Crippen LogP contribution in [0, 0.1) is 17.3 Å². The Hall–Kier alpha value is -0.570. The van der Waals surface area contributed by atoms with E-state index in [4.69, 9.17) is 14.5 Å². The van der Waals surface area contributed by atoms with Crippen LogP contribution in [0.3, 0.4) is 0 Å². The highest BCUT2D eigenvalue weighted by molar-refractivity contribution is 14.0. The zero-order valence-corrected chi connectivity index (χ0v) is 18.8. The first kappa shape index (κ1) is 21.7. The molecule has 0 aromatic carbocycles. The second-order valence-corrected chi connectivity index (χ2v) is 8.02. The fourth-order valence-corrected chi connectivity index (χ4v) is 4.77. The average molecular weight is 479 g/mol. The topological polar surface area (TPSA) is 63.2 Å². The van der Waals surface area contributed by atoms with Gasteiger partial charge in [0.15, 0.2) is 5.96 Å². The third-order valence-electron chi connectivity index (χ3n) is 6.03. The van der Waals surface area contributed by atoms with Crippen LogP contribution >= 0.6 is 24.0 Å². The number of halogens is 1. The molecule has 2 aliphatic heterocycles. The lowest BCUT2D eigenvalue weighted by Crippen LogP contribution is -2.68. The summed E-state index contributed by atoms with van der Waals surface area (Å²) in [6.45, 7) is 12.2. The Kier molecular flexibility index (Phi) is 7.59. The molecule has 0 amide bonds. The number of piperidine rings is 1. The molecule has 150 valence electrons. The number of carbonyl (C=O) groups excluding carboxylic acids is 1. The molecule has 7 heteroatoms. The molecule has 1 N–H and O–H groups in total. The zero-order valence-electron chi connectivity index (χ0n) is 16.5. The molecule has 3 fully saturated rings. The molecular weight excluding hydrogens is 445 g/mol. The SMILES string of the molecule is CCN=C(NC1C2CCOC2C1(C)C)N1CCCC(C(=O)OCC)C1.I. The standard InChI is InChI=1S/C19H33N3O3.HI/c1-5-20-18(21-15-14-9-11-25-16(14)19(15,3)4)22-10-7-8-13(12-22)17(23)24-6-2;/h13-16H,5-12H2,1-4H3,(H,20,21);1H. The lowest BCUT2D eigenvalue weighted by molar-refractivity contribution is -0.149. The van der Waals surface area contributed by atoms with Gasteiger partial charge in [0.25, 0.3) is 0 Å². The third kappa shape index (κ3) is 4.13. The molecule has 0 spiro atoms. The van der Waals surface area contributed by atoms with Gasteiger partial charge in [0, 0.05) is 43.6 Å². The van der Waals surface area contributed by atoms with Crippen LogP contribution in [0.15, 0.2) is 4.99 Å². The van der Waals surface area contributed by atoms with Crippen molar-refractivity contribution in [3.8, 4) is 0 Å². The molecule has 6 nitrogen and oxygen atoms in total. The van der Waals surface area contributed by atoms with Crippen LogP contribution in [0.25, 0.3) is 0 Å². The van der Waals surface area contributed by atoms with Crippen molar-refractivity contribution >= 4 is 35.9 Å². The van der Waals surface area contributed by atoms with E-state index in [1.807, 2.05) is 6.92 Å². The molecule has 26 heavy (non-hydrogen) atoms. The zero-order chi connectivity index (χ0) is 18.0. The van der Waals surface area contributed by atoms with Gasteiger partial charge in [-0.1, -0.05) is 13.8 Å². The van der Waals surface area contributed by atoms with Crippen LogP contribution in [0.1, 0.15) is 47.0 Å². The predicted molar refractivity (Wildman–Crippen MR) is 113 cm³/mol. The summed E-state index contributed by atoms with van der Waals surface area (Å²) in [4.78, 5) is 19.1. The Labute approximate surface area is 174 Å². The first-order chi connectivity index (χ1) is 12.0.